The third-order valence-electron chi connectivity index (χ3n) is 2.92. The van der Waals surface area contributed by atoms with Crippen LogP contribution in [-0.4, -0.2) is 24.2 Å². The predicted octanol–water partition coefficient (Wildman–Crippen LogP) is 2.60. The van der Waals surface area contributed by atoms with Crippen molar-refractivity contribution in [2.24, 2.45) is 0 Å². The van der Waals surface area contributed by atoms with E-state index in [9.17, 15) is 4.79 Å². The van der Waals surface area contributed by atoms with Crippen LogP contribution in [0.3, 0.4) is 0 Å². The first-order chi connectivity index (χ1) is 8.52. The molecule has 100 valence electrons. The first-order valence-electron chi connectivity index (χ1n) is 6.14. The molecule has 1 rings (SSSR count). The zero-order valence-corrected chi connectivity index (χ0v) is 11.1. The molecular weight excluding hydrogens is 230 g/mol. The van der Waals surface area contributed by atoms with E-state index in [1.165, 1.54) is 0 Å². The van der Waals surface area contributed by atoms with Gasteiger partial charge in [-0.25, -0.2) is 0 Å². The van der Waals surface area contributed by atoms with Crippen LogP contribution in [0.15, 0.2) is 24.3 Å². The van der Waals surface area contributed by atoms with E-state index in [1.54, 1.807) is 7.11 Å². The summed E-state index contributed by atoms with van der Waals surface area (Å²) >= 11 is 0. The van der Waals surface area contributed by atoms with Crippen LogP contribution in [0.1, 0.15) is 38.3 Å². The predicted molar refractivity (Wildman–Crippen MR) is 70.9 cm³/mol. The second kappa shape index (κ2) is 7.01. The van der Waals surface area contributed by atoms with Gasteiger partial charge < -0.3 is 15.2 Å². The molecule has 0 spiro atoms. The minimum absolute atomic E-state index is 0.169. The van der Waals surface area contributed by atoms with Gasteiger partial charge in [0.05, 0.1) is 7.11 Å². The fourth-order valence-corrected chi connectivity index (χ4v) is 1.86. The number of hydrogen-bond acceptors (Lipinski definition) is 3. The molecule has 0 bridgehead atoms. The van der Waals surface area contributed by atoms with E-state index in [0.29, 0.717) is 6.42 Å². The van der Waals surface area contributed by atoms with Crippen LogP contribution in [0, 0.1) is 0 Å². The number of rotatable bonds is 7. The number of carboxylic acids is 1. The monoisotopic (exact) mass is 251 g/mol. The highest BCUT2D eigenvalue weighted by Gasteiger charge is 2.11. The lowest BCUT2D eigenvalue weighted by atomic mass is 10.1. The maximum absolute atomic E-state index is 10.5. The van der Waals surface area contributed by atoms with Gasteiger partial charge in [-0.1, -0.05) is 12.1 Å². The summed E-state index contributed by atoms with van der Waals surface area (Å²) in [5.74, 6) is 0.0806. The summed E-state index contributed by atoms with van der Waals surface area (Å²) in [5, 5.41) is 12.0. The van der Waals surface area contributed by atoms with Crippen molar-refractivity contribution in [1.82, 2.24) is 5.32 Å². The molecule has 1 aromatic carbocycles. The zero-order chi connectivity index (χ0) is 13.5. The summed E-state index contributed by atoms with van der Waals surface area (Å²) in [6.07, 6.45) is 0.822. The molecule has 0 heterocycles. The van der Waals surface area contributed by atoms with Crippen molar-refractivity contribution in [3.05, 3.63) is 29.8 Å². The van der Waals surface area contributed by atoms with Crippen LogP contribution in [0.5, 0.6) is 5.75 Å². The molecule has 4 heteroatoms. The Morgan fingerprint density at radius 2 is 2.17 bits per heavy atom. The van der Waals surface area contributed by atoms with Gasteiger partial charge in [0.1, 0.15) is 5.75 Å². The molecule has 2 N–H and O–H groups in total. The van der Waals surface area contributed by atoms with E-state index in [0.717, 1.165) is 11.3 Å². The van der Waals surface area contributed by atoms with Crippen molar-refractivity contribution < 1.29 is 14.6 Å². The Hall–Kier alpha value is -1.55. The SMILES string of the molecule is COc1cccc([C@@H](C)NC(C)CCC(=O)O)c1. The molecule has 0 aromatic heterocycles. The molecule has 0 aliphatic heterocycles. The molecule has 2 atom stereocenters. The fourth-order valence-electron chi connectivity index (χ4n) is 1.86. The average molecular weight is 251 g/mol. The van der Waals surface area contributed by atoms with E-state index in [1.807, 2.05) is 31.2 Å². The Bertz CT molecular complexity index is 392. The van der Waals surface area contributed by atoms with Crippen molar-refractivity contribution in [3.63, 3.8) is 0 Å². The highest BCUT2D eigenvalue weighted by atomic mass is 16.5. The summed E-state index contributed by atoms with van der Waals surface area (Å²) in [6.45, 7) is 4.06. The standard InChI is InChI=1S/C14H21NO3/c1-10(7-8-14(16)17)15-11(2)12-5-4-6-13(9-12)18-3/h4-6,9-11,15H,7-8H2,1-3H3,(H,16,17)/t10?,11-/m1/s1. The second-order valence-electron chi connectivity index (χ2n) is 4.50. The number of carboxylic acid groups (broad SMARTS) is 1. The van der Waals surface area contributed by atoms with Gasteiger partial charge in [-0.15, -0.1) is 0 Å². The Morgan fingerprint density at radius 3 is 2.78 bits per heavy atom. The third kappa shape index (κ3) is 4.75. The summed E-state index contributed by atoms with van der Waals surface area (Å²) in [7, 11) is 1.65. The Kier molecular flexibility index (Phi) is 5.65. The number of nitrogens with one attached hydrogen (secondary N) is 1. The first-order valence-corrected chi connectivity index (χ1v) is 6.14. The Morgan fingerprint density at radius 1 is 1.44 bits per heavy atom. The number of benzene rings is 1. The quantitative estimate of drug-likeness (QED) is 0.782. The topological polar surface area (TPSA) is 58.6 Å². The second-order valence-corrected chi connectivity index (χ2v) is 4.50. The average Bonchev–Trinajstić information content (AvgIpc) is 2.36. The van der Waals surface area contributed by atoms with E-state index in [4.69, 9.17) is 9.84 Å². The van der Waals surface area contributed by atoms with Gasteiger partial charge in [0, 0.05) is 18.5 Å². The molecule has 0 radical (unpaired) electrons. The summed E-state index contributed by atoms with van der Waals surface area (Å²) in [6, 6.07) is 8.22. The van der Waals surface area contributed by atoms with E-state index in [2.05, 4.69) is 12.2 Å². The van der Waals surface area contributed by atoms with E-state index in [-0.39, 0.29) is 18.5 Å². The van der Waals surface area contributed by atoms with Gasteiger partial charge >= 0.3 is 5.97 Å². The molecule has 4 nitrogen and oxygen atoms in total. The normalized spacial score (nSPS) is 13.9. The van der Waals surface area contributed by atoms with Crippen LogP contribution in [0.4, 0.5) is 0 Å². The molecule has 0 saturated carbocycles. The molecule has 0 saturated heterocycles. The molecule has 18 heavy (non-hydrogen) atoms. The highest BCUT2D eigenvalue weighted by molar-refractivity contribution is 5.66. The lowest BCUT2D eigenvalue weighted by Gasteiger charge is -2.20. The number of carbonyl (C=O) groups is 1. The third-order valence-corrected chi connectivity index (χ3v) is 2.92. The van der Waals surface area contributed by atoms with Gasteiger partial charge in [0.15, 0.2) is 0 Å². The smallest absolute Gasteiger partial charge is 0.303 e. The molecule has 0 amide bonds. The lowest BCUT2D eigenvalue weighted by molar-refractivity contribution is -0.137. The molecule has 0 aliphatic carbocycles. The molecule has 0 fully saturated rings. The minimum Gasteiger partial charge on any atom is -0.497 e. The Labute approximate surface area is 108 Å². The van der Waals surface area contributed by atoms with Crippen LogP contribution in [-0.2, 0) is 4.79 Å². The maximum Gasteiger partial charge on any atom is 0.303 e. The zero-order valence-electron chi connectivity index (χ0n) is 11.1. The number of methoxy groups -OCH3 is 1. The minimum atomic E-state index is -0.752. The van der Waals surface area contributed by atoms with Crippen molar-refractivity contribution in [1.29, 1.82) is 0 Å². The lowest BCUT2D eigenvalue weighted by Crippen LogP contribution is -2.29. The van der Waals surface area contributed by atoms with Gasteiger partial charge in [0.25, 0.3) is 0 Å². The van der Waals surface area contributed by atoms with Crippen molar-refractivity contribution in [2.75, 3.05) is 7.11 Å². The molecule has 0 aliphatic rings. The van der Waals surface area contributed by atoms with Crippen molar-refractivity contribution >= 4 is 5.97 Å². The maximum atomic E-state index is 10.5. The number of hydrogen-bond donors (Lipinski definition) is 2. The fraction of sp³-hybridized carbons (Fsp3) is 0.500. The number of aliphatic carboxylic acids is 1. The highest BCUT2D eigenvalue weighted by Crippen LogP contribution is 2.19. The van der Waals surface area contributed by atoms with Crippen molar-refractivity contribution in [3.8, 4) is 5.75 Å². The van der Waals surface area contributed by atoms with Crippen LogP contribution < -0.4 is 10.1 Å². The summed E-state index contributed by atoms with van der Waals surface area (Å²) < 4.78 is 5.18. The first kappa shape index (κ1) is 14.5. The van der Waals surface area contributed by atoms with Crippen molar-refractivity contribution in [2.45, 2.75) is 38.8 Å². The van der Waals surface area contributed by atoms with Gasteiger partial charge in [-0.3, -0.25) is 4.79 Å². The van der Waals surface area contributed by atoms with Crippen LogP contribution >= 0.6 is 0 Å². The number of ether oxygens (including phenoxy) is 1. The van der Waals surface area contributed by atoms with Gasteiger partial charge in [0.2, 0.25) is 0 Å². The molecule has 1 aromatic rings. The largest absolute Gasteiger partial charge is 0.497 e. The van der Waals surface area contributed by atoms with E-state index >= 15 is 0 Å². The van der Waals surface area contributed by atoms with E-state index < -0.39 is 5.97 Å². The Balaban J connectivity index is 2.53. The summed E-state index contributed by atoms with van der Waals surface area (Å²) in [4.78, 5) is 10.5. The summed E-state index contributed by atoms with van der Waals surface area (Å²) in [5.41, 5.74) is 1.14. The van der Waals surface area contributed by atoms with Crippen LogP contribution in [0.2, 0.25) is 0 Å². The van der Waals surface area contributed by atoms with Crippen LogP contribution in [0.25, 0.3) is 0 Å². The van der Waals surface area contributed by atoms with Gasteiger partial charge in [-0.05, 0) is 38.0 Å². The molecule has 1 unspecified atom stereocenters. The van der Waals surface area contributed by atoms with Gasteiger partial charge in [-0.2, -0.15) is 0 Å². The molecular formula is C14H21NO3.